The smallest absolute Gasteiger partial charge is 0.316 e. The van der Waals surface area contributed by atoms with E-state index in [1.54, 1.807) is 20.8 Å². The first-order valence-corrected chi connectivity index (χ1v) is 6.68. The Morgan fingerprint density at radius 2 is 1.61 bits per heavy atom. The van der Waals surface area contributed by atoms with Gasteiger partial charge < -0.3 is 10.4 Å². The Morgan fingerprint density at radius 1 is 1.17 bits per heavy atom. The second-order valence-electron chi connectivity index (χ2n) is 6.01. The van der Waals surface area contributed by atoms with Crippen LogP contribution >= 0.6 is 0 Å². The highest BCUT2D eigenvalue weighted by molar-refractivity contribution is 5.97. The zero-order valence-corrected chi connectivity index (χ0v) is 12.4. The average Bonchev–Trinajstić information content (AvgIpc) is 2.15. The van der Waals surface area contributed by atoms with E-state index in [0.29, 0.717) is 5.92 Å². The van der Waals surface area contributed by atoms with Crippen LogP contribution in [0.2, 0.25) is 0 Å². The molecule has 0 aromatic rings. The van der Waals surface area contributed by atoms with Crippen LogP contribution in [0, 0.1) is 17.3 Å². The molecule has 1 amide bonds. The fraction of sp³-hybridized carbons (Fsp3) is 0.857. The summed E-state index contributed by atoms with van der Waals surface area (Å²) in [4.78, 5) is 23.3. The fourth-order valence-corrected chi connectivity index (χ4v) is 2.30. The summed E-state index contributed by atoms with van der Waals surface area (Å²) in [5.41, 5.74) is -0.580. The first kappa shape index (κ1) is 16.9. The highest BCUT2D eigenvalue weighted by Crippen LogP contribution is 2.27. The largest absolute Gasteiger partial charge is 0.481 e. The lowest BCUT2D eigenvalue weighted by Crippen LogP contribution is -2.47. The molecule has 4 nitrogen and oxygen atoms in total. The molecule has 0 saturated heterocycles. The number of hydrogen-bond acceptors (Lipinski definition) is 2. The molecule has 0 aliphatic heterocycles. The molecule has 0 aromatic heterocycles. The van der Waals surface area contributed by atoms with Crippen molar-refractivity contribution in [3.8, 4) is 0 Å². The molecule has 0 aromatic carbocycles. The Balaban J connectivity index is 4.77. The Kier molecular flexibility index (Phi) is 6.36. The molecule has 0 aliphatic carbocycles. The number of rotatable bonds is 6. The summed E-state index contributed by atoms with van der Waals surface area (Å²) in [6.45, 7) is 11.4. The summed E-state index contributed by atoms with van der Waals surface area (Å²) in [5.74, 6) is -2.05. The van der Waals surface area contributed by atoms with Crippen LogP contribution in [0.25, 0.3) is 0 Å². The Labute approximate surface area is 110 Å². The second kappa shape index (κ2) is 6.76. The van der Waals surface area contributed by atoms with E-state index < -0.39 is 17.3 Å². The van der Waals surface area contributed by atoms with Gasteiger partial charge in [-0.25, -0.2) is 0 Å². The normalized spacial score (nSPS) is 15.3. The van der Waals surface area contributed by atoms with Gasteiger partial charge in [-0.2, -0.15) is 0 Å². The predicted octanol–water partition coefficient (Wildman–Crippen LogP) is 2.67. The number of carbonyl (C=O) groups is 2. The van der Waals surface area contributed by atoms with Crippen molar-refractivity contribution in [2.45, 2.75) is 60.4 Å². The van der Waals surface area contributed by atoms with Gasteiger partial charge in [-0.3, -0.25) is 9.59 Å². The van der Waals surface area contributed by atoms with E-state index in [1.807, 2.05) is 6.92 Å². The van der Waals surface area contributed by atoms with Crippen LogP contribution in [0.3, 0.4) is 0 Å². The number of hydrogen-bond donors (Lipinski definition) is 2. The van der Waals surface area contributed by atoms with Gasteiger partial charge in [0.2, 0.25) is 5.91 Å². The molecule has 0 bridgehead atoms. The van der Waals surface area contributed by atoms with Crippen molar-refractivity contribution in [3.05, 3.63) is 0 Å². The van der Waals surface area contributed by atoms with Crippen molar-refractivity contribution in [2.75, 3.05) is 0 Å². The third-order valence-corrected chi connectivity index (χ3v) is 3.50. The quantitative estimate of drug-likeness (QED) is 0.719. The molecule has 2 N–H and O–H groups in total. The first-order chi connectivity index (χ1) is 8.15. The van der Waals surface area contributed by atoms with Crippen LogP contribution in [-0.4, -0.2) is 23.0 Å². The maximum absolute atomic E-state index is 12.1. The average molecular weight is 257 g/mol. The van der Waals surface area contributed by atoms with E-state index in [4.69, 9.17) is 0 Å². The molecule has 0 saturated carbocycles. The van der Waals surface area contributed by atoms with Crippen molar-refractivity contribution in [1.82, 2.24) is 5.32 Å². The van der Waals surface area contributed by atoms with E-state index >= 15 is 0 Å². The topological polar surface area (TPSA) is 66.4 Å². The number of aliphatic carboxylic acids is 1. The minimum absolute atomic E-state index is 0.0108. The Hall–Kier alpha value is -1.06. The molecule has 0 rings (SSSR count). The summed E-state index contributed by atoms with van der Waals surface area (Å²) in [5, 5.41) is 12.0. The third-order valence-electron chi connectivity index (χ3n) is 3.50. The van der Waals surface area contributed by atoms with E-state index in [1.165, 1.54) is 0 Å². The summed E-state index contributed by atoms with van der Waals surface area (Å²) in [7, 11) is 0. The van der Waals surface area contributed by atoms with E-state index in [-0.39, 0.29) is 11.9 Å². The van der Waals surface area contributed by atoms with Crippen molar-refractivity contribution < 1.29 is 14.7 Å². The zero-order chi connectivity index (χ0) is 14.5. The lowest BCUT2D eigenvalue weighted by molar-refractivity contribution is -0.151. The molecule has 0 fully saturated rings. The third kappa shape index (κ3) is 4.67. The number of carboxylic acid groups (broad SMARTS) is 1. The zero-order valence-electron chi connectivity index (χ0n) is 12.4. The minimum Gasteiger partial charge on any atom is -0.481 e. The molecule has 18 heavy (non-hydrogen) atoms. The van der Waals surface area contributed by atoms with Gasteiger partial charge in [-0.15, -0.1) is 0 Å². The Morgan fingerprint density at radius 3 is 1.89 bits per heavy atom. The summed E-state index contributed by atoms with van der Waals surface area (Å²) in [6.07, 6.45) is 1.95. The van der Waals surface area contributed by atoms with Crippen LogP contribution in [-0.2, 0) is 9.59 Å². The van der Waals surface area contributed by atoms with Gasteiger partial charge in [0.25, 0.3) is 0 Å². The van der Waals surface area contributed by atoms with Crippen molar-refractivity contribution in [2.24, 2.45) is 17.3 Å². The van der Waals surface area contributed by atoms with Gasteiger partial charge in [0.15, 0.2) is 0 Å². The van der Waals surface area contributed by atoms with Gasteiger partial charge in [0, 0.05) is 6.04 Å². The van der Waals surface area contributed by atoms with Crippen molar-refractivity contribution in [1.29, 1.82) is 0 Å². The lowest BCUT2D eigenvalue weighted by Gasteiger charge is -2.29. The monoisotopic (exact) mass is 257 g/mol. The van der Waals surface area contributed by atoms with Gasteiger partial charge in [-0.05, 0) is 18.3 Å². The highest BCUT2D eigenvalue weighted by atomic mass is 16.4. The second-order valence-corrected chi connectivity index (χ2v) is 6.01. The molecule has 106 valence electrons. The van der Waals surface area contributed by atoms with Crippen molar-refractivity contribution >= 4 is 11.9 Å². The maximum atomic E-state index is 12.1. The van der Waals surface area contributed by atoms with Gasteiger partial charge in [0.1, 0.15) is 5.92 Å². The van der Waals surface area contributed by atoms with E-state index in [0.717, 1.165) is 12.8 Å². The van der Waals surface area contributed by atoms with Gasteiger partial charge in [0.05, 0.1) is 0 Å². The molecule has 0 heterocycles. The molecular weight excluding hydrogens is 230 g/mol. The highest BCUT2D eigenvalue weighted by Gasteiger charge is 2.38. The summed E-state index contributed by atoms with van der Waals surface area (Å²) < 4.78 is 0. The SMILES string of the molecule is CCC(CC)C(C)NC(=O)C(C(=O)O)C(C)(C)C. The van der Waals surface area contributed by atoms with Gasteiger partial charge >= 0.3 is 5.97 Å². The van der Waals surface area contributed by atoms with Crippen LogP contribution in [0.1, 0.15) is 54.4 Å². The van der Waals surface area contributed by atoms with Crippen molar-refractivity contribution in [3.63, 3.8) is 0 Å². The molecule has 0 radical (unpaired) electrons. The fourth-order valence-electron chi connectivity index (χ4n) is 2.30. The van der Waals surface area contributed by atoms with Crippen LogP contribution in [0.15, 0.2) is 0 Å². The number of nitrogens with one attached hydrogen (secondary N) is 1. The van der Waals surface area contributed by atoms with E-state index in [2.05, 4.69) is 19.2 Å². The lowest BCUT2D eigenvalue weighted by atomic mass is 9.80. The number of amides is 1. The standard InChI is InChI=1S/C14H27NO3/c1-7-10(8-2)9(3)15-12(16)11(13(17)18)14(4,5)6/h9-11H,7-8H2,1-6H3,(H,15,16)(H,17,18). The number of carboxylic acids is 1. The Bertz CT molecular complexity index is 290. The summed E-state index contributed by atoms with van der Waals surface area (Å²) in [6, 6.07) is 0.0108. The van der Waals surface area contributed by atoms with Gasteiger partial charge in [-0.1, -0.05) is 47.5 Å². The van der Waals surface area contributed by atoms with Crippen LogP contribution in [0.4, 0.5) is 0 Å². The summed E-state index contributed by atoms with van der Waals surface area (Å²) >= 11 is 0. The molecule has 0 spiro atoms. The minimum atomic E-state index is -1.06. The van der Waals surface area contributed by atoms with E-state index in [9.17, 15) is 14.7 Å². The molecule has 4 heteroatoms. The van der Waals surface area contributed by atoms with Crippen LogP contribution in [0.5, 0.6) is 0 Å². The predicted molar refractivity (Wildman–Crippen MR) is 72.3 cm³/mol. The molecule has 2 unspecified atom stereocenters. The maximum Gasteiger partial charge on any atom is 0.316 e. The molecule has 0 aliphatic rings. The molecule has 2 atom stereocenters. The number of carbonyl (C=O) groups excluding carboxylic acids is 1. The van der Waals surface area contributed by atoms with Crippen LogP contribution < -0.4 is 5.32 Å². The first-order valence-electron chi connectivity index (χ1n) is 6.68. The molecular formula is C14H27NO3.